The third-order valence-electron chi connectivity index (χ3n) is 3.49. The highest BCUT2D eigenvalue weighted by molar-refractivity contribution is 7.99. The SMILES string of the molecule is N#Cc1ccccc1NC(=O)CCSc1ncc(-c2ccc(F)cc2)o1. The molecular formula is C19H14FN3O2S. The van der Waals surface area contributed by atoms with Crippen LogP contribution in [0.25, 0.3) is 11.3 Å². The van der Waals surface area contributed by atoms with Crippen LogP contribution in [0.2, 0.25) is 0 Å². The Kier molecular flexibility index (Phi) is 5.66. The van der Waals surface area contributed by atoms with Crippen molar-refractivity contribution in [2.45, 2.75) is 11.6 Å². The number of oxazole rings is 1. The minimum Gasteiger partial charge on any atom is -0.431 e. The average Bonchev–Trinajstić information content (AvgIpc) is 3.11. The van der Waals surface area contributed by atoms with Crippen molar-refractivity contribution >= 4 is 23.4 Å². The number of rotatable bonds is 6. The second-order valence-corrected chi connectivity index (χ2v) is 6.35. The first-order valence-corrected chi connectivity index (χ1v) is 8.78. The van der Waals surface area contributed by atoms with Gasteiger partial charge in [0.1, 0.15) is 11.9 Å². The zero-order valence-electron chi connectivity index (χ0n) is 13.6. The first kappa shape index (κ1) is 17.7. The van der Waals surface area contributed by atoms with Gasteiger partial charge in [-0.3, -0.25) is 4.79 Å². The van der Waals surface area contributed by atoms with Gasteiger partial charge >= 0.3 is 0 Å². The number of para-hydroxylation sites is 1. The Hall–Kier alpha value is -3.11. The van der Waals surface area contributed by atoms with Crippen LogP contribution in [-0.2, 0) is 4.79 Å². The Labute approximate surface area is 153 Å². The molecule has 0 saturated carbocycles. The molecule has 0 radical (unpaired) electrons. The molecule has 0 aliphatic rings. The lowest BCUT2D eigenvalue weighted by molar-refractivity contribution is -0.115. The van der Waals surface area contributed by atoms with E-state index in [0.717, 1.165) is 5.56 Å². The molecule has 1 aromatic heterocycles. The number of hydrogen-bond acceptors (Lipinski definition) is 5. The minimum absolute atomic E-state index is 0.189. The summed E-state index contributed by atoms with van der Waals surface area (Å²) in [4.78, 5) is 16.2. The molecule has 3 aromatic rings. The van der Waals surface area contributed by atoms with E-state index in [-0.39, 0.29) is 18.1 Å². The molecule has 5 nitrogen and oxygen atoms in total. The number of nitriles is 1. The number of carbonyl (C=O) groups is 1. The van der Waals surface area contributed by atoms with Crippen LogP contribution in [0.1, 0.15) is 12.0 Å². The number of hydrogen-bond donors (Lipinski definition) is 1. The molecule has 0 saturated heterocycles. The zero-order valence-corrected chi connectivity index (χ0v) is 14.4. The van der Waals surface area contributed by atoms with Crippen molar-refractivity contribution < 1.29 is 13.6 Å². The average molecular weight is 367 g/mol. The van der Waals surface area contributed by atoms with Gasteiger partial charge in [-0.2, -0.15) is 5.26 Å². The minimum atomic E-state index is -0.313. The highest BCUT2D eigenvalue weighted by Gasteiger charge is 2.10. The summed E-state index contributed by atoms with van der Waals surface area (Å²) in [6.45, 7) is 0. The number of halogens is 1. The molecule has 2 aromatic carbocycles. The summed E-state index contributed by atoms with van der Waals surface area (Å²) >= 11 is 1.31. The zero-order chi connectivity index (χ0) is 18.4. The van der Waals surface area contributed by atoms with Gasteiger partial charge in [-0.1, -0.05) is 23.9 Å². The second-order valence-electron chi connectivity index (χ2n) is 5.30. The molecule has 1 N–H and O–H groups in total. The fraction of sp³-hybridized carbons (Fsp3) is 0.105. The van der Waals surface area contributed by atoms with Gasteiger partial charge in [-0.25, -0.2) is 9.37 Å². The van der Waals surface area contributed by atoms with Crippen molar-refractivity contribution in [3.63, 3.8) is 0 Å². The van der Waals surface area contributed by atoms with E-state index in [1.54, 1.807) is 42.6 Å². The maximum atomic E-state index is 12.9. The Morgan fingerprint density at radius 3 is 2.77 bits per heavy atom. The molecule has 0 aliphatic heterocycles. The first-order valence-electron chi connectivity index (χ1n) is 7.79. The van der Waals surface area contributed by atoms with Crippen LogP contribution in [0.4, 0.5) is 10.1 Å². The fourth-order valence-electron chi connectivity index (χ4n) is 2.21. The van der Waals surface area contributed by atoms with Gasteiger partial charge in [-0.15, -0.1) is 0 Å². The van der Waals surface area contributed by atoms with Crippen molar-refractivity contribution in [1.82, 2.24) is 4.98 Å². The second kappa shape index (κ2) is 8.32. The summed E-state index contributed by atoms with van der Waals surface area (Å²) in [6, 6.07) is 14.8. The lowest BCUT2D eigenvalue weighted by atomic mass is 10.2. The summed E-state index contributed by atoms with van der Waals surface area (Å²) in [5, 5.41) is 12.2. The van der Waals surface area contributed by atoms with Gasteiger partial charge in [0, 0.05) is 17.7 Å². The maximum Gasteiger partial charge on any atom is 0.256 e. The van der Waals surface area contributed by atoms with E-state index in [0.29, 0.717) is 28.0 Å². The van der Waals surface area contributed by atoms with Crippen molar-refractivity contribution in [2.75, 3.05) is 11.1 Å². The third kappa shape index (κ3) is 4.49. The van der Waals surface area contributed by atoms with E-state index < -0.39 is 0 Å². The van der Waals surface area contributed by atoms with Crippen LogP contribution in [0, 0.1) is 17.1 Å². The molecule has 26 heavy (non-hydrogen) atoms. The number of nitrogens with one attached hydrogen (secondary N) is 1. The topological polar surface area (TPSA) is 78.9 Å². The summed E-state index contributed by atoms with van der Waals surface area (Å²) in [6.07, 6.45) is 1.82. The smallest absolute Gasteiger partial charge is 0.256 e. The van der Waals surface area contributed by atoms with Crippen LogP contribution < -0.4 is 5.32 Å². The number of nitrogens with zero attached hydrogens (tertiary/aromatic N) is 2. The lowest BCUT2D eigenvalue weighted by Crippen LogP contribution is -2.13. The Bertz CT molecular complexity index is 948. The molecular weight excluding hydrogens is 353 g/mol. The molecule has 0 spiro atoms. The molecule has 130 valence electrons. The van der Waals surface area contributed by atoms with Gasteiger partial charge in [0.25, 0.3) is 5.22 Å². The summed E-state index contributed by atoms with van der Waals surface area (Å²) in [7, 11) is 0. The fourth-order valence-corrected chi connectivity index (χ4v) is 2.94. The van der Waals surface area contributed by atoms with Crippen LogP contribution in [0.15, 0.2) is 64.4 Å². The molecule has 7 heteroatoms. The molecule has 0 aliphatic carbocycles. The predicted molar refractivity (Wildman–Crippen MR) is 97.0 cm³/mol. The van der Waals surface area contributed by atoms with Crippen LogP contribution >= 0.6 is 11.8 Å². The Morgan fingerprint density at radius 2 is 2.00 bits per heavy atom. The Balaban J connectivity index is 1.51. The van der Waals surface area contributed by atoms with Crippen LogP contribution in [-0.4, -0.2) is 16.6 Å². The van der Waals surface area contributed by atoms with Crippen molar-refractivity contribution in [3.8, 4) is 17.4 Å². The predicted octanol–water partition coefficient (Wildman–Crippen LogP) is 4.47. The quantitative estimate of drug-likeness (QED) is 0.650. The normalized spacial score (nSPS) is 10.3. The van der Waals surface area contributed by atoms with Gasteiger partial charge in [0.2, 0.25) is 5.91 Å². The molecule has 0 fully saturated rings. The monoisotopic (exact) mass is 367 g/mol. The molecule has 0 unspecified atom stereocenters. The summed E-state index contributed by atoms with van der Waals surface area (Å²) < 4.78 is 18.5. The first-order chi connectivity index (χ1) is 12.7. The molecule has 1 amide bonds. The van der Waals surface area contributed by atoms with Crippen molar-refractivity contribution in [1.29, 1.82) is 5.26 Å². The van der Waals surface area contributed by atoms with Crippen molar-refractivity contribution in [3.05, 3.63) is 66.1 Å². The Morgan fingerprint density at radius 1 is 1.23 bits per heavy atom. The summed E-state index contributed by atoms with van der Waals surface area (Å²) in [5.41, 5.74) is 1.65. The molecule has 1 heterocycles. The number of aromatic nitrogens is 1. The number of carbonyl (C=O) groups excluding carboxylic acids is 1. The maximum absolute atomic E-state index is 12.9. The number of anilines is 1. The van der Waals surface area contributed by atoms with Gasteiger partial charge in [0.05, 0.1) is 17.4 Å². The summed E-state index contributed by atoms with van der Waals surface area (Å²) in [5.74, 6) is 0.515. The van der Waals surface area contributed by atoms with E-state index >= 15 is 0 Å². The van der Waals surface area contributed by atoms with E-state index in [4.69, 9.17) is 9.68 Å². The molecule has 3 rings (SSSR count). The lowest BCUT2D eigenvalue weighted by Gasteiger charge is -2.05. The number of amides is 1. The number of benzene rings is 2. The highest BCUT2D eigenvalue weighted by Crippen LogP contribution is 2.26. The van der Waals surface area contributed by atoms with E-state index in [9.17, 15) is 9.18 Å². The van der Waals surface area contributed by atoms with E-state index in [1.165, 1.54) is 23.9 Å². The van der Waals surface area contributed by atoms with E-state index in [2.05, 4.69) is 10.3 Å². The van der Waals surface area contributed by atoms with Crippen molar-refractivity contribution in [2.24, 2.45) is 0 Å². The third-order valence-corrected chi connectivity index (χ3v) is 4.33. The van der Waals surface area contributed by atoms with Crippen LogP contribution in [0.5, 0.6) is 0 Å². The van der Waals surface area contributed by atoms with Gasteiger partial charge in [0.15, 0.2) is 5.76 Å². The number of thioether (sulfide) groups is 1. The standard InChI is InChI=1S/C19H14FN3O2S/c20-15-7-5-13(6-8-15)17-12-22-19(25-17)26-10-9-18(24)23-16-4-2-1-3-14(16)11-21/h1-8,12H,9-10H2,(H,23,24). The highest BCUT2D eigenvalue weighted by atomic mass is 32.2. The molecule has 0 atom stereocenters. The van der Waals surface area contributed by atoms with E-state index in [1.807, 2.05) is 6.07 Å². The molecule has 0 bridgehead atoms. The van der Waals surface area contributed by atoms with Gasteiger partial charge < -0.3 is 9.73 Å². The largest absolute Gasteiger partial charge is 0.431 e. The van der Waals surface area contributed by atoms with Gasteiger partial charge in [-0.05, 0) is 36.4 Å². The van der Waals surface area contributed by atoms with Crippen LogP contribution in [0.3, 0.4) is 0 Å².